The normalized spacial score (nSPS) is 20.4. The zero-order valence-corrected chi connectivity index (χ0v) is 12.3. The maximum absolute atomic E-state index is 12.3. The minimum Gasteiger partial charge on any atom is -0.377 e. The summed E-state index contributed by atoms with van der Waals surface area (Å²) in [5.74, 6) is -0.0443. The van der Waals surface area contributed by atoms with Crippen LogP contribution in [0, 0.1) is 5.41 Å². The van der Waals surface area contributed by atoms with Gasteiger partial charge in [-0.3, -0.25) is 4.79 Å². The van der Waals surface area contributed by atoms with Crippen molar-refractivity contribution in [3.05, 3.63) is 22.2 Å². The van der Waals surface area contributed by atoms with E-state index in [0.717, 1.165) is 5.69 Å². The molecular weight excluding hydrogens is 271 g/mol. The number of amides is 1. The van der Waals surface area contributed by atoms with E-state index in [1.807, 2.05) is 27.7 Å². The third kappa shape index (κ3) is 1.95. The average molecular weight is 287 g/mol. The van der Waals surface area contributed by atoms with E-state index in [9.17, 15) is 4.79 Å². The van der Waals surface area contributed by atoms with Gasteiger partial charge in [0.15, 0.2) is 0 Å². The molecule has 2 N–H and O–H groups in total. The molecule has 1 heterocycles. The highest BCUT2D eigenvalue weighted by Crippen LogP contribution is 2.42. The van der Waals surface area contributed by atoms with Crippen LogP contribution in [0.15, 0.2) is 12.1 Å². The molecule has 1 amide bonds. The number of anilines is 2. The molecular formula is C13H16Cl2N2O. The Hall–Kier alpha value is -0.930. The smallest absolute Gasteiger partial charge is 0.232 e. The molecule has 0 atom stereocenters. The molecule has 1 aromatic rings. The van der Waals surface area contributed by atoms with Gasteiger partial charge in [-0.15, -0.1) is 0 Å². The first kappa shape index (κ1) is 13.5. The van der Waals surface area contributed by atoms with E-state index in [-0.39, 0.29) is 5.91 Å². The molecule has 0 radical (unpaired) electrons. The summed E-state index contributed by atoms with van der Waals surface area (Å²) in [5, 5.41) is 7.14. The Labute approximate surface area is 117 Å². The molecule has 0 aromatic heterocycles. The highest BCUT2D eigenvalue weighted by molar-refractivity contribution is 6.42. The number of nitrogens with one attached hydrogen (secondary N) is 2. The molecule has 18 heavy (non-hydrogen) atoms. The average Bonchev–Trinajstić information content (AvgIpc) is 2.28. The second-order valence-electron chi connectivity index (χ2n) is 5.64. The van der Waals surface area contributed by atoms with Gasteiger partial charge in [0.1, 0.15) is 0 Å². The molecule has 1 aliphatic heterocycles. The third-order valence-electron chi connectivity index (χ3n) is 3.89. The molecule has 0 bridgehead atoms. The summed E-state index contributed by atoms with van der Waals surface area (Å²) in [6, 6.07) is 3.41. The lowest BCUT2D eigenvalue weighted by molar-refractivity contribution is -0.126. The highest BCUT2D eigenvalue weighted by Gasteiger charge is 2.45. The number of fused-ring (bicyclic) bond motifs is 1. The topological polar surface area (TPSA) is 41.1 Å². The van der Waals surface area contributed by atoms with Gasteiger partial charge < -0.3 is 10.6 Å². The lowest BCUT2D eigenvalue weighted by Gasteiger charge is -2.39. The second kappa shape index (κ2) is 4.04. The molecule has 0 unspecified atom stereocenters. The van der Waals surface area contributed by atoms with Crippen LogP contribution in [0.3, 0.4) is 0 Å². The number of rotatable bonds is 0. The second-order valence-corrected chi connectivity index (χ2v) is 6.46. The first-order chi connectivity index (χ1) is 8.15. The molecule has 0 saturated heterocycles. The molecule has 98 valence electrons. The van der Waals surface area contributed by atoms with Crippen molar-refractivity contribution in [2.75, 3.05) is 10.6 Å². The van der Waals surface area contributed by atoms with Gasteiger partial charge in [0.25, 0.3) is 0 Å². The SMILES string of the molecule is CC1(C)Nc2cc(Cl)c(Cl)cc2NC(=O)C1(C)C. The zero-order chi connectivity index (χ0) is 13.7. The fourth-order valence-electron chi connectivity index (χ4n) is 1.81. The van der Waals surface area contributed by atoms with Gasteiger partial charge in [-0.1, -0.05) is 23.2 Å². The van der Waals surface area contributed by atoms with Crippen molar-refractivity contribution in [2.24, 2.45) is 5.41 Å². The molecule has 2 rings (SSSR count). The van der Waals surface area contributed by atoms with E-state index >= 15 is 0 Å². The Bertz CT molecular complexity index is 524. The van der Waals surface area contributed by atoms with Crippen molar-refractivity contribution in [3.63, 3.8) is 0 Å². The summed E-state index contributed by atoms with van der Waals surface area (Å²) >= 11 is 12.0. The lowest BCUT2D eigenvalue weighted by Crippen LogP contribution is -2.50. The van der Waals surface area contributed by atoms with Crippen molar-refractivity contribution >= 4 is 40.5 Å². The summed E-state index contributed by atoms with van der Waals surface area (Å²) in [6.45, 7) is 7.79. The van der Waals surface area contributed by atoms with Crippen molar-refractivity contribution < 1.29 is 4.79 Å². The van der Waals surface area contributed by atoms with Crippen LogP contribution in [0.5, 0.6) is 0 Å². The van der Waals surface area contributed by atoms with E-state index in [1.54, 1.807) is 12.1 Å². The summed E-state index contributed by atoms with van der Waals surface area (Å²) in [5.41, 5.74) is 0.478. The van der Waals surface area contributed by atoms with Crippen molar-refractivity contribution in [1.29, 1.82) is 0 Å². The molecule has 0 spiro atoms. The monoisotopic (exact) mass is 286 g/mol. The number of benzene rings is 1. The standard InChI is InChI=1S/C13H16Cl2N2O/c1-12(2)11(18)16-9-5-7(14)8(15)6-10(9)17-13(12,3)4/h5-6,17H,1-4H3,(H,16,18). The zero-order valence-electron chi connectivity index (χ0n) is 10.8. The Kier molecular flexibility index (Phi) is 3.03. The molecule has 1 aliphatic rings. The molecule has 5 heteroatoms. The van der Waals surface area contributed by atoms with E-state index in [1.165, 1.54) is 0 Å². The highest BCUT2D eigenvalue weighted by atomic mass is 35.5. The van der Waals surface area contributed by atoms with Gasteiger partial charge in [0, 0.05) is 5.54 Å². The fraction of sp³-hybridized carbons (Fsp3) is 0.462. The van der Waals surface area contributed by atoms with Gasteiger partial charge in [-0.05, 0) is 39.8 Å². The van der Waals surface area contributed by atoms with E-state index in [2.05, 4.69) is 10.6 Å². The van der Waals surface area contributed by atoms with Crippen molar-refractivity contribution in [3.8, 4) is 0 Å². The van der Waals surface area contributed by atoms with Crippen LogP contribution in [0.4, 0.5) is 11.4 Å². The van der Waals surface area contributed by atoms with Gasteiger partial charge in [-0.25, -0.2) is 0 Å². The Morgan fingerprint density at radius 1 is 1.00 bits per heavy atom. The quantitative estimate of drug-likeness (QED) is 0.752. The Morgan fingerprint density at radius 3 is 2.06 bits per heavy atom. The maximum atomic E-state index is 12.3. The predicted molar refractivity (Wildman–Crippen MR) is 76.6 cm³/mol. The summed E-state index contributed by atoms with van der Waals surface area (Å²) < 4.78 is 0. The van der Waals surface area contributed by atoms with Crippen LogP contribution in [0.2, 0.25) is 10.0 Å². The number of hydrogen-bond donors (Lipinski definition) is 2. The maximum Gasteiger partial charge on any atom is 0.232 e. The summed E-state index contributed by atoms with van der Waals surface area (Å²) in [4.78, 5) is 12.3. The fourth-order valence-corrected chi connectivity index (χ4v) is 2.14. The Balaban J connectivity index is 2.59. The number of halogens is 2. The lowest BCUT2D eigenvalue weighted by atomic mass is 9.74. The van der Waals surface area contributed by atoms with Crippen LogP contribution in [0.1, 0.15) is 27.7 Å². The van der Waals surface area contributed by atoms with Gasteiger partial charge in [-0.2, -0.15) is 0 Å². The minimum absolute atomic E-state index is 0.0443. The molecule has 1 aromatic carbocycles. The van der Waals surface area contributed by atoms with Gasteiger partial charge in [0.2, 0.25) is 5.91 Å². The minimum atomic E-state index is -0.565. The van der Waals surface area contributed by atoms with Gasteiger partial charge >= 0.3 is 0 Å². The first-order valence-corrected chi connectivity index (χ1v) is 6.49. The van der Waals surface area contributed by atoms with E-state index in [4.69, 9.17) is 23.2 Å². The summed E-state index contributed by atoms with van der Waals surface area (Å²) in [7, 11) is 0. The van der Waals surface area contributed by atoms with Crippen LogP contribution in [0.25, 0.3) is 0 Å². The van der Waals surface area contributed by atoms with Crippen LogP contribution in [-0.2, 0) is 4.79 Å². The van der Waals surface area contributed by atoms with Crippen LogP contribution in [-0.4, -0.2) is 11.4 Å². The first-order valence-electron chi connectivity index (χ1n) is 5.74. The Morgan fingerprint density at radius 2 is 1.50 bits per heavy atom. The third-order valence-corrected chi connectivity index (χ3v) is 4.61. The van der Waals surface area contributed by atoms with Crippen LogP contribution < -0.4 is 10.6 Å². The van der Waals surface area contributed by atoms with Crippen molar-refractivity contribution in [1.82, 2.24) is 0 Å². The number of hydrogen-bond acceptors (Lipinski definition) is 2. The number of carbonyl (C=O) groups excluding carboxylic acids is 1. The van der Waals surface area contributed by atoms with E-state index in [0.29, 0.717) is 15.7 Å². The number of carbonyl (C=O) groups is 1. The van der Waals surface area contributed by atoms with Crippen LogP contribution >= 0.6 is 23.2 Å². The summed E-state index contributed by atoms with van der Waals surface area (Å²) in [6.07, 6.45) is 0. The molecule has 0 fully saturated rings. The predicted octanol–water partition coefficient (Wildman–Crippen LogP) is 4.16. The van der Waals surface area contributed by atoms with Gasteiger partial charge in [0.05, 0.1) is 26.8 Å². The van der Waals surface area contributed by atoms with E-state index < -0.39 is 11.0 Å². The largest absolute Gasteiger partial charge is 0.377 e. The molecule has 3 nitrogen and oxygen atoms in total. The van der Waals surface area contributed by atoms with Crippen molar-refractivity contribution in [2.45, 2.75) is 33.2 Å². The molecule has 0 aliphatic carbocycles. The molecule has 0 saturated carbocycles.